The van der Waals surface area contributed by atoms with Gasteiger partial charge in [-0.2, -0.15) is 17.6 Å². The summed E-state index contributed by atoms with van der Waals surface area (Å²) in [6.45, 7) is 1.65. The molecule has 1 nitrogen and oxygen atoms in total. The van der Waals surface area contributed by atoms with Gasteiger partial charge in [0.2, 0.25) is 5.95 Å². The molecule has 0 aliphatic rings. The van der Waals surface area contributed by atoms with E-state index < -0.39 is 17.8 Å². The number of aromatic nitrogens is 1. The maximum Gasteiger partial charge on any atom is 0.433 e. The Labute approximate surface area is 72.4 Å². The second-order valence-electron chi connectivity index (χ2n) is 2.50. The maximum atomic E-state index is 12.8. The molecular formula is C8H7F4N. The third-order valence-electron chi connectivity index (χ3n) is 1.60. The minimum absolute atomic E-state index is 0.188. The van der Waals surface area contributed by atoms with E-state index in [0.29, 0.717) is 6.42 Å². The molecule has 0 fully saturated rings. The molecule has 0 saturated heterocycles. The molecule has 0 bridgehead atoms. The summed E-state index contributed by atoms with van der Waals surface area (Å²) < 4.78 is 48.7. The molecule has 72 valence electrons. The van der Waals surface area contributed by atoms with Crippen LogP contribution in [0.25, 0.3) is 0 Å². The number of rotatable bonds is 1. The number of pyridine rings is 1. The monoisotopic (exact) mass is 193 g/mol. The number of halogens is 4. The molecule has 0 aromatic carbocycles. The van der Waals surface area contributed by atoms with Crippen LogP contribution in [0.15, 0.2) is 12.1 Å². The van der Waals surface area contributed by atoms with Crippen molar-refractivity contribution >= 4 is 0 Å². The number of alkyl halides is 3. The van der Waals surface area contributed by atoms with Gasteiger partial charge in [0.1, 0.15) is 5.69 Å². The van der Waals surface area contributed by atoms with Crippen molar-refractivity contribution in [3.8, 4) is 0 Å². The van der Waals surface area contributed by atoms with E-state index in [1.165, 1.54) is 0 Å². The molecule has 1 heterocycles. The number of hydrogen-bond acceptors (Lipinski definition) is 1. The highest BCUT2D eigenvalue weighted by Crippen LogP contribution is 2.27. The summed E-state index contributed by atoms with van der Waals surface area (Å²) in [4.78, 5) is 2.82. The summed E-state index contributed by atoms with van der Waals surface area (Å²) >= 11 is 0. The van der Waals surface area contributed by atoms with Gasteiger partial charge in [0.05, 0.1) is 0 Å². The fraction of sp³-hybridized carbons (Fsp3) is 0.375. The second kappa shape index (κ2) is 3.32. The van der Waals surface area contributed by atoms with Crippen molar-refractivity contribution in [3.63, 3.8) is 0 Å². The van der Waals surface area contributed by atoms with Crippen LogP contribution in [0.1, 0.15) is 18.2 Å². The quantitative estimate of drug-likeness (QED) is 0.493. The van der Waals surface area contributed by atoms with Crippen molar-refractivity contribution in [3.05, 3.63) is 29.3 Å². The van der Waals surface area contributed by atoms with Crippen LogP contribution in [0.3, 0.4) is 0 Å². The molecule has 5 heteroatoms. The van der Waals surface area contributed by atoms with Crippen molar-refractivity contribution in [2.24, 2.45) is 0 Å². The third-order valence-corrected chi connectivity index (χ3v) is 1.60. The zero-order chi connectivity index (χ0) is 10.1. The third kappa shape index (κ3) is 2.17. The van der Waals surface area contributed by atoms with Crippen molar-refractivity contribution in [1.29, 1.82) is 0 Å². The Hall–Kier alpha value is -1.13. The van der Waals surface area contributed by atoms with E-state index in [1.54, 1.807) is 6.92 Å². The maximum absolute atomic E-state index is 12.8. The molecule has 0 N–H and O–H groups in total. The Bertz CT molecular complexity index is 306. The molecule has 0 spiro atoms. The largest absolute Gasteiger partial charge is 0.433 e. The molecule has 13 heavy (non-hydrogen) atoms. The van der Waals surface area contributed by atoms with Gasteiger partial charge in [-0.15, -0.1) is 0 Å². The van der Waals surface area contributed by atoms with Crippen LogP contribution < -0.4 is 0 Å². The van der Waals surface area contributed by atoms with Crippen LogP contribution >= 0.6 is 0 Å². The SMILES string of the molecule is CCc1ccc(C(F)(F)F)nc1F. The smallest absolute Gasteiger partial charge is 0.215 e. The van der Waals surface area contributed by atoms with E-state index >= 15 is 0 Å². The van der Waals surface area contributed by atoms with Crippen molar-refractivity contribution in [2.75, 3.05) is 0 Å². The lowest BCUT2D eigenvalue weighted by Gasteiger charge is -2.06. The standard InChI is InChI=1S/C8H7F4N/c1-2-5-3-4-6(8(10,11)12)13-7(5)9/h3-4H,2H2,1H3. The van der Waals surface area contributed by atoms with Gasteiger partial charge in [0.25, 0.3) is 0 Å². The molecule has 1 aromatic heterocycles. The Morgan fingerprint density at radius 2 is 1.92 bits per heavy atom. The minimum Gasteiger partial charge on any atom is -0.215 e. The fourth-order valence-electron chi connectivity index (χ4n) is 0.885. The van der Waals surface area contributed by atoms with Crippen LogP contribution in [0.4, 0.5) is 17.6 Å². The highest BCUT2D eigenvalue weighted by Gasteiger charge is 2.32. The molecule has 0 aliphatic carbocycles. The van der Waals surface area contributed by atoms with E-state index in [1.807, 2.05) is 0 Å². The first kappa shape index (κ1) is 9.95. The summed E-state index contributed by atoms with van der Waals surface area (Å²) in [6.07, 6.45) is -4.25. The van der Waals surface area contributed by atoms with Gasteiger partial charge in [0, 0.05) is 5.56 Å². The van der Waals surface area contributed by atoms with E-state index in [2.05, 4.69) is 4.98 Å². The topological polar surface area (TPSA) is 12.9 Å². The number of nitrogens with zero attached hydrogens (tertiary/aromatic N) is 1. The lowest BCUT2D eigenvalue weighted by atomic mass is 10.2. The van der Waals surface area contributed by atoms with Crippen LogP contribution in [0, 0.1) is 5.95 Å². The number of aryl methyl sites for hydroxylation is 1. The number of hydrogen-bond donors (Lipinski definition) is 0. The first-order valence-corrected chi connectivity index (χ1v) is 3.67. The van der Waals surface area contributed by atoms with Gasteiger partial charge in [-0.1, -0.05) is 13.0 Å². The van der Waals surface area contributed by atoms with Crippen molar-refractivity contribution in [1.82, 2.24) is 4.98 Å². The highest BCUT2D eigenvalue weighted by molar-refractivity contribution is 5.17. The Balaban J connectivity index is 3.10. The van der Waals surface area contributed by atoms with Crippen LogP contribution in [0.5, 0.6) is 0 Å². The van der Waals surface area contributed by atoms with E-state index in [0.717, 1.165) is 12.1 Å². The molecular weight excluding hydrogens is 186 g/mol. The van der Waals surface area contributed by atoms with E-state index in [4.69, 9.17) is 0 Å². The summed E-state index contributed by atoms with van der Waals surface area (Å²) in [6, 6.07) is 1.88. The first-order chi connectivity index (χ1) is 5.95. The van der Waals surface area contributed by atoms with Gasteiger partial charge in [0.15, 0.2) is 0 Å². The zero-order valence-corrected chi connectivity index (χ0v) is 6.82. The van der Waals surface area contributed by atoms with Crippen LogP contribution in [-0.4, -0.2) is 4.98 Å². The van der Waals surface area contributed by atoms with Crippen molar-refractivity contribution in [2.45, 2.75) is 19.5 Å². The molecule has 1 rings (SSSR count). The Morgan fingerprint density at radius 3 is 2.31 bits per heavy atom. The second-order valence-corrected chi connectivity index (χ2v) is 2.50. The summed E-state index contributed by atoms with van der Waals surface area (Å²) in [7, 11) is 0. The average molecular weight is 193 g/mol. The average Bonchev–Trinajstić information content (AvgIpc) is 2.02. The van der Waals surface area contributed by atoms with Gasteiger partial charge in [-0.05, 0) is 12.5 Å². The predicted molar refractivity (Wildman–Crippen MR) is 38.6 cm³/mol. The fourth-order valence-corrected chi connectivity index (χ4v) is 0.885. The Kier molecular flexibility index (Phi) is 2.54. The lowest BCUT2D eigenvalue weighted by molar-refractivity contribution is -0.141. The summed E-state index contributed by atoms with van der Waals surface area (Å²) in [5.74, 6) is -1.04. The molecule has 0 radical (unpaired) electrons. The molecule has 0 aliphatic heterocycles. The van der Waals surface area contributed by atoms with Crippen LogP contribution in [0.2, 0.25) is 0 Å². The minimum atomic E-state index is -4.58. The van der Waals surface area contributed by atoms with Crippen molar-refractivity contribution < 1.29 is 17.6 Å². The molecule has 0 unspecified atom stereocenters. The molecule has 0 atom stereocenters. The summed E-state index contributed by atoms with van der Waals surface area (Å²) in [5.41, 5.74) is -1.00. The lowest BCUT2D eigenvalue weighted by Crippen LogP contribution is -2.09. The van der Waals surface area contributed by atoms with Crippen LogP contribution in [-0.2, 0) is 12.6 Å². The van der Waals surface area contributed by atoms with E-state index in [9.17, 15) is 17.6 Å². The van der Waals surface area contributed by atoms with Gasteiger partial charge < -0.3 is 0 Å². The zero-order valence-electron chi connectivity index (χ0n) is 6.82. The van der Waals surface area contributed by atoms with Gasteiger partial charge in [-0.25, -0.2) is 4.98 Å². The molecule has 1 aromatic rings. The summed E-state index contributed by atoms with van der Waals surface area (Å²) in [5, 5.41) is 0. The van der Waals surface area contributed by atoms with Gasteiger partial charge >= 0.3 is 6.18 Å². The molecule has 0 amide bonds. The Morgan fingerprint density at radius 1 is 1.31 bits per heavy atom. The predicted octanol–water partition coefficient (Wildman–Crippen LogP) is 2.80. The van der Waals surface area contributed by atoms with Gasteiger partial charge in [-0.3, -0.25) is 0 Å². The molecule has 0 saturated carbocycles. The van der Waals surface area contributed by atoms with E-state index in [-0.39, 0.29) is 5.56 Å². The normalized spacial score (nSPS) is 11.8. The first-order valence-electron chi connectivity index (χ1n) is 3.67. The highest BCUT2D eigenvalue weighted by atomic mass is 19.4.